The van der Waals surface area contributed by atoms with Gasteiger partial charge in [-0.15, -0.1) is 0 Å². The first-order chi connectivity index (χ1) is 7.24. The molecule has 2 N–H and O–H groups in total. The quantitative estimate of drug-likeness (QED) is 0.717. The van der Waals surface area contributed by atoms with Gasteiger partial charge in [-0.2, -0.15) is 0 Å². The molecule has 2 aliphatic rings. The Balaban J connectivity index is 1.93. The van der Waals surface area contributed by atoms with Gasteiger partial charge in [-0.25, -0.2) is 0 Å². The highest BCUT2D eigenvalue weighted by atomic mass is 35.5. The number of nitrogen functional groups attached to an aromatic ring is 1. The molecule has 80 valence electrons. The number of hydrogen-bond donors (Lipinski definition) is 1. The molecule has 0 amide bonds. The van der Waals surface area contributed by atoms with Gasteiger partial charge in [0.15, 0.2) is 0 Å². The van der Waals surface area contributed by atoms with Gasteiger partial charge in [0, 0.05) is 10.7 Å². The lowest BCUT2D eigenvalue weighted by Gasteiger charge is -2.23. The van der Waals surface area contributed by atoms with E-state index >= 15 is 0 Å². The summed E-state index contributed by atoms with van der Waals surface area (Å²) in [6.45, 7) is 0. The van der Waals surface area contributed by atoms with Crippen LogP contribution in [-0.2, 0) is 0 Å². The van der Waals surface area contributed by atoms with Crippen LogP contribution in [0.15, 0.2) is 18.2 Å². The number of anilines is 1. The Morgan fingerprint density at radius 1 is 1.20 bits per heavy atom. The van der Waals surface area contributed by atoms with Crippen LogP contribution in [-0.4, -0.2) is 0 Å². The largest absolute Gasteiger partial charge is 0.399 e. The summed E-state index contributed by atoms with van der Waals surface area (Å²) < 4.78 is 0. The third-order valence-electron chi connectivity index (χ3n) is 4.16. The van der Waals surface area contributed by atoms with E-state index in [1.165, 1.54) is 31.2 Å². The van der Waals surface area contributed by atoms with Crippen LogP contribution in [0.1, 0.15) is 37.2 Å². The van der Waals surface area contributed by atoms with E-state index < -0.39 is 0 Å². The Labute approximate surface area is 95.6 Å². The summed E-state index contributed by atoms with van der Waals surface area (Å²) in [5, 5.41) is 0.868. The van der Waals surface area contributed by atoms with Crippen molar-refractivity contribution in [2.24, 2.45) is 11.8 Å². The monoisotopic (exact) mass is 221 g/mol. The number of halogens is 1. The van der Waals surface area contributed by atoms with E-state index in [1.54, 1.807) is 0 Å². The molecule has 1 unspecified atom stereocenters. The predicted molar refractivity (Wildman–Crippen MR) is 64.1 cm³/mol. The van der Waals surface area contributed by atoms with Crippen LogP contribution in [0.5, 0.6) is 0 Å². The molecule has 2 saturated carbocycles. The van der Waals surface area contributed by atoms with Crippen LogP contribution in [0.4, 0.5) is 5.69 Å². The molecule has 0 radical (unpaired) electrons. The standard InChI is InChI=1S/C13H16ClN/c14-13-7-10(15)3-4-11(13)12-6-8-1-2-9(12)5-8/h3-4,7-9,12H,1-2,5-6,15H2/t8-,9+,12?/m1/s1. The Kier molecular flexibility index (Phi) is 2.17. The van der Waals surface area contributed by atoms with Crippen molar-refractivity contribution < 1.29 is 0 Å². The van der Waals surface area contributed by atoms with Crippen molar-refractivity contribution in [3.63, 3.8) is 0 Å². The molecule has 15 heavy (non-hydrogen) atoms. The Morgan fingerprint density at radius 3 is 2.67 bits per heavy atom. The first-order valence-corrected chi connectivity index (χ1v) is 6.17. The van der Waals surface area contributed by atoms with Crippen LogP contribution in [0.3, 0.4) is 0 Å². The highest BCUT2D eigenvalue weighted by Crippen LogP contribution is 2.53. The molecule has 0 saturated heterocycles. The van der Waals surface area contributed by atoms with Gasteiger partial charge in [0.2, 0.25) is 0 Å². The minimum Gasteiger partial charge on any atom is -0.399 e. The molecule has 0 aromatic heterocycles. The normalized spacial score (nSPS) is 33.5. The van der Waals surface area contributed by atoms with Gasteiger partial charge in [-0.3, -0.25) is 0 Å². The minimum atomic E-state index is 0.705. The average molecular weight is 222 g/mol. The van der Waals surface area contributed by atoms with Crippen molar-refractivity contribution in [1.29, 1.82) is 0 Å². The summed E-state index contributed by atoms with van der Waals surface area (Å²) in [4.78, 5) is 0. The van der Waals surface area contributed by atoms with E-state index in [2.05, 4.69) is 6.07 Å². The van der Waals surface area contributed by atoms with E-state index in [9.17, 15) is 0 Å². The molecule has 0 heterocycles. The molecule has 0 aliphatic heterocycles. The summed E-state index contributed by atoms with van der Waals surface area (Å²) in [6, 6.07) is 6.00. The number of hydrogen-bond acceptors (Lipinski definition) is 1. The highest BCUT2D eigenvalue weighted by molar-refractivity contribution is 6.31. The lowest BCUT2D eigenvalue weighted by Crippen LogP contribution is -2.09. The zero-order valence-corrected chi connectivity index (χ0v) is 9.50. The van der Waals surface area contributed by atoms with E-state index in [0.717, 1.165) is 22.5 Å². The summed E-state index contributed by atoms with van der Waals surface area (Å²) >= 11 is 6.27. The van der Waals surface area contributed by atoms with Gasteiger partial charge in [-0.1, -0.05) is 24.1 Å². The average Bonchev–Trinajstić information content (AvgIpc) is 2.78. The lowest BCUT2D eigenvalue weighted by molar-refractivity contribution is 0.420. The molecule has 2 fully saturated rings. The fourth-order valence-corrected chi connectivity index (χ4v) is 3.80. The molecular weight excluding hydrogens is 206 g/mol. The number of nitrogens with two attached hydrogens (primary N) is 1. The number of benzene rings is 1. The maximum Gasteiger partial charge on any atom is 0.0461 e. The molecule has 1 aromatic rings. The smallest absolute Gasteiger partial charge is 0.0461 e. The maximum atomic E-state index is 6.27. The molecule has 1 aromatic carbocycles. The Bertz CT molecular complexity index is 388. The van der Waals surface area contributed by atoms with Gasteiger partial charge >= 0.3 is 0 Å². The van der Waals surface area contributed by atoms with E-state index in [-0.39, 0.29) is 0 Å². The second-order valence-corrected chi connectivity index (χ2v) is 5.47. The Morgan fingerprint density at radius 2 is 2.07 bits per heavy atom. The fourth-order valence-electron chi connectivity index (χ4n) is 3.47. The minimum absolute atomic E-state index is 0.705. The van der Waals surface area contributed by atoms with Gasteiger partial charge in [0.05, 0.1) is 0 Å². The number of fused-ring (bicyclic) bond motifs is 2. The molecule has 3 atom stereocenters. The van der Waals surface area contributed by atoms with Crippen LogP contribution in [0.2, 0.25) is 5.02 Å². The van der Waals surface area contributed by atoms with Crippen LogP contribution in [0.25, 0.3) is 0 Å². The Hall–Kier alpha value is -0.690. The summed E-state index contributed by atoms with van der Waals surface area (Å²) in [6.07, 6.45) is 5.60. The second-order valence-electron chi connectivity index (χ2n) is 5.06. The second kappa shape index (κ2) is 3.41. The van der Waals surface area contributed by atoms with Crippen molar-refractivity contribution in [2.75, 3.05) is 5.73 Å². The molecule has 1 nitrogen and oxygen atoms in total. The SMILES string of the molecule is Nc1ccc(C2C[C@@H]3CC[C@H]2C3)c(Cl)c1. The van der Waals surface area contributed by atoms with Crippen molar-refractivity contribution in [3.05, 3.63) is 28.8 Å². The third kappa shape index (κ3) is 1.53. The summed E-state index contributed by atoms with van der Waals surface area (Å²) in [5.74, 6) is 2.56. The van der Waals surface area contributed by atoms with Gasteiger partial charge in [0.25, 0.3) is 0 Å². The fraction of sp³-hybridized carbons (Fsp3) is 0.538. The van der Waals surface area contributed by atoms with Crippen molar-refractivity contribution in [1.82, 2.24) is 0 Å². The van der Waals surface area contributed by atoms with Crippen molar-refractivity contribution in [3.8, 4) is 0 Å². The molecule has 2 bridgehead atoms. The van der Waals surface area contributed by atoms with E-state index in [0.29, 0.717) is 5.92 Å². The lowest BCUT2D eigenvalue weighted by atomic mass is 9.83. The zero-order valence-electron chi connectivity index (χ0n) is 8.75. The van der Waals surface area contributed by atoms with Crippen molar-refractivity contribution >= 4 is 17.3 Å². The van der Waals surface area contributed by atoms with Gasteiger partial charge < -0.3 is 5.73 Å². The summed E-state index contributed by atoms with van der Waals surface area (Å²) in [7, 11) is 0. The predicted octanol–water partition coefficient (Wildman–Crippen LogP) is 3.83. The molecule has 0 spiro atoms. The molecule has 3 rings (SSSR count). The van der Waals surface area contributed by atoms with Crippen LogP contribution >= 0.6 is 11.6 Å². The molecule has 2 aliphatic carbocycles. The third-order valence-corrected chi connectivity index (χ3v) is 4.49. The van der Waals surface area contributed by atoms with E-state index in [1.807, 2.05) is 12.1 Å². The summed E-state index contributed by atoms with van der Waals surface area (Å²) in [5.41, 5.74) is 7.82. The van der Waals surface area contributed by atoms with Crippen LogP contribution < -0.4 is 5.73 Å². The highest BCUT2D eigenvalue weighted by Gasteiger charge is 2.40. The maximum absolute atomic E-state index is 6.27. The zero-order chi connectivity index (χ0) is 10.4. The topological polar surface area (TPSA) is 26.0 Å². The molecular formula is C13H16ClN. The number of rotatable bonds is 1. The van der Waals surface area contributed by atoms with Gasteiger partial charge in [-0.05, 0) is 54.7 Å². The van der Waals surface area contributed by atoms with E-state index in [4.69, 9.17) is 17.3 Å². The van der Waals surface area contributed by atoms with Crippen molar-refractivity contribution in [2.45, 2.75) is 31.6 Å². The van der Waals surface area contributed by atoms with Crippen LogP contribution in [0, 0.1) is 11.8 Å². The first-order valence-electron chi connectivity index (χ1n) is 5.79. The first kappa shape index (κ1) is 9.53. The van der Waals surface area contributed by atoms with Gasteiger partial charge in [0.1, 0.15) is 0 Å². The molecule has 2 heteroatoms.